The van der Waals surface area contributed by atoms with Crippen molar-refractivity contribution in [3.63, 3.8) is 0 Å². The van der Waals surface area contributed by atoms with Crippen LogP contribution >= 0.6 is 22.7 Å². The molecule has 2 aromatic rings. The number of aliphatic imine (C=N–C) groups is 1. The second kappa shape index (κ2) is 6.27. The summed E-state index contributed by atoms with van der Waals surface area (Å²) in [5.41, 5.74) is 12.6. The molecule has 0 amide bonds. The summed E-state index contributed by atoms with van der Waals surface area (Å²) in [7, 11) is 0. The maximum atomic E-state index is 8.67. The Morgan fingerprint density at radius 1 is 1.55 bits per heavy atom. The predicted octanol–water partition coefficient (Wildman–Crippen LogP) is 2.10. The number of hydrogen-bond donors (Lipinski definition) is 2. The summed E-state index contributed by atoms with van der Waals surface area (Å²) < 4.78 is 0. The summed E-state index contributed by atoms with van der Waals surface area (Å²) in [5, 5.41) is 11.9. The van der Waals surface area contributed by atoms with Crippen LogP contribution in [0.4, 0.5) is 5.13 Å². The van der Waals surface area contributed by atoms with Gasteiger partial charge in [0.15, 0.2) is 0 Å². The predicted molar refractivity (Wildman–Crippen MR) is 81.9 cm³/mol. The van der Waals surface area contributed by atoms with Crippen molar-refractivity contribution >= 4 is 33.6 Å². The normalized spacial score (nSPS) is 11.9. The van der Waals surface area contributed by atoms with E-state index in [1.165, 1.54) is 34.9 Å². The highest BCUT2D eigenvalue weighted by molar-refractivity contribution is 7.19. The molecule has 6 nitrogen and oxygen atoms in total. The average Bonchev–Trinajstić information content (AvgIpc) is 2.97. The molecule has 2 rings (SSSR count). The van der Waals surface area contributed by atoms with Gasteiger partial charge in [0.25, 0.3) is 0 Å². The van der Waals surface area contributed by atoms with Crippen LogP contribution in [0.5, 0.6) is 0 Å². The number of rotatable bonds is 4. The van der Waals surface area contributed by atoms with Crippen LogP contribution in [0, 0.1) is 18.3 Å². The Labute approximate surface area is 124 Å². The Balaban J connectivity index is 2.31. The van der Waals surface area contributed by atoms with E-state index in [4.69, 9.17) is 16.7 Å². The third kappa shape index (κ3) is 3.20. The van der Waals surface area contributed by atoms with E-state index in [2.05, 4.69) is 21.0 Å². The van der Waals surface area contributed by atoms with Crippen LogP contribution in [0.1, 0.15) is 10.7 Å². The molecular weight excluding hydrogens is 292 g/mol. The lowest BCUT2D eigenvalue weighted by Gasteiger charge is -1.90. The molecule has 0 unspecified atom stereocenters. The summed E-state index contributed by atoms with van der Waals surface area (Å²) in [5.74, 6) is 0.302. The fourth-order valence-electron chi connectivity index (χ4n) is 1.48. The van der Waals surface area contributed by atoms with E-state index in [9.17, 15) is 0 Å². The van der Waals surface area contributed by atoms with E-state index in [1.54, 1.807) is 0 Å². The summed E-state index contributed by atoms with van der Waals surface area (Å²) in [4.78, 5) is 13.8. The van der Waals surface area contributed by atoms with Crippen LogP contribution in [0.2, 0.25) is 0 Å². The lowest BCUT2D eigenvalue weighted by Crippen LogP contribution is -2.07. The van der Waals surface area contributed by atoms with Crippen LogP contribution in [0.15, 0.2) is 22.6 Å². The van der Waals surface area contributed by atoms with Crippen molar-refractivity contribution in [2.75, 3.05) is 0 Å². The maximum absolute atomic E-state index is 8.67. The summed E-state index contributed by atoms with van der Waals surface area (Å²) in [6.45, 7) is 1.89. The molecule has 0 aliphatic heterocycles. The third-order valence-electron chi connectivity index (χ3n) is 2.29. The number of amidine groups is 1. The van der Waals surface area contributed by atoms with E-state index in [-0.39, 0.29) is 0 Å². The van der Waals surface area contributed by atoms with Gasteiger partial charge in [-0.25, -0.2) is 15.0 Å². The van der Waals surface area contributed by atoms with E-state index in [0.29, 0.717) is 17.4 Å². The highest BCUT2D eigenvalue weighted by Gasteiger charge is 2.12. The minimum atomic E-state index is 0.302. The van der Waals surface area contributed by atoms with Crippen LogP contribution in [-0.4, -0.2) is 15.8 Å². The molecule has 0 aliphatic carbocycles. The van der Waals surface area contributed by atoms with Crippen LogP contribution in [0.25, 0.3) is 10.6 Å². The smallest absolute Gasteiger partial charge is 0.211 e. The Kier molecular flexibility index (Phi) is 4.45. The van der Waals surface area contributed by atoms with Gasteiger partial charge in [0, 0.05) is 5.38 Å². The van der Waals surface area contributed by atoms with E-state index in [1.807, 2.05) is 12.3 Å². The second-order valence-electron chi connectivity index (χ2n) is 3.77. The SMILES string of the molecule is Cc1nc(/N=C(N)/C=C\N)sc1-c1csc(CC#N)n1. The maximum Gasteiger partial charge on any atom is 0.211 e. The molecule has 0 atom stereocenters. The number of hydrogen-bond acceptors (Lipinski definition) is 7. The van der Waals surface area contributed by atoms with Gasteiger partial charge in [0.2, 0.25) is 5.13 Å². The van der Waals surface area contributed by atoms with Gasteiger partial charge in [-0.15, -0.1) is 11.3 Å². The first-order valence-electron chi connectivity index (χ1n) is 5.65. The third-order valence-corrected chi connectivity index (χ3v) is 4.21. The second-order valence-corrected chi connectivity index (χ2v) is 5.69. The van der Waals surface area contributed by atoms with Gasteiger partial charge in [-0.3, -0.25) is 0 Å². The lowest BCUT2D eigenvalue weighted by atomic mass is 10.3. The van der Waals surface area contributed by atoms with Gasteiger partial charge in [-0.2, -0.15) is 5.26 Å². The molecule has 0 radical (unpaired) electrons. The van der Waals surface area contributed by atoms with Crippen LogP contribution in [0.3, 0.4) is 0 Å². The van der Waals surface area contributed by atoms with Gasteiger partial charge in [0.05, 0.1) is 28.8 Å². The molecule has 0 spiro atoms. The molecule has 4 N–H and O–H groups in total. The van der Waals surface area contributed by atoms with Crippen molar-refractivity contribution in [2.24, 2.45) is 16.5 Å². The molecule has 102 valence electrons. The number of aromatic nitrogens is 2. The summed E-state index contributed by atoms with van der Waals surface area (Å²) in [6, 6.07) is 2.09. The molecule has 0 bridgehead atoms. The fraction of sp³-hybridized carbons (Fsp3) is 0.167. The largest absolute Gasteiger partial charge is 0.404 e. The molecule has 0 saturated heterocycles. The van der Waals surface area contributed by atoms with Crippen LogP contribution in [-0.2, 0) is 6.42 Å². The first kappa shape index (κ1) is 14.2. The zero-order valence-corrected chi connectivity index (χ0v) is 12.3. The minimum Gasteiger partial charge on any atom is -0.404 e. The summed E-state index contributed by atoms with van der Waals surface area (Å²) in [6.07, 6.45) is 3.15. The molecule has 2 heterocycles. The Hall–Kier alpha value is -2.24. The van der Waals surface area contributed by atoms with E-state index >= 15 is 0 Å². The van der Waals surface area contributed by atoms with Gasteiger partial charge < -0.3 is 11.5 Å². The molecular formula is C12H12N6S2. The average molecular weight is 304 g/mol. The topological polar surface area (TPSA) is 114 Å². The first-order chi connectivity index (χ1) is 9.63. The van der Waals surface area contributed by atoms with Crippen molar-refractivity contribution < 1.29 is 0 Å². The monoisotopic (exact) mass is 304 g/mol. The molecule has 0 saturated carbocycles. The number of aryl methyl sites for hydroxylation is 1. The molecule has 0 aliphatic rings. The molecule has 0 aromatic carbocycles. The zero-order valence-electron chi connectivity index (χ0n) is 10.7. The number of nitriles is 1. The van der Waals surface area contributed by atoms with Gasteiger partial charge in [-0.05, 0) is 19.2 Å². The Morgan fingerprint density at radius 2 is 2.35 bits per heavy atom. The number of nitrogens with zero attached hydrogens (tertiary/aromatic N) is 4. The Morgan fingerprint density at radius 3 is 3.05 bits per heavy atom. The highest BCUT2D eigenvalue weighted by atomic mass is 32.1. The Bertz CT molecular complexity index is 704. The van der Waals surface area contributed by atoms with Crippen molar-refractivity contribution in [2.45, 2.75) is 13.3 Å². The van der Waals surface area contributed by atoms with Crippen LogP contribution < -0.4 is 11.5 Å². The fourth-order valence-corrected chi connectivity index (χ4v) is 3.19. The highest BCUT2D eigenvalue weighted by Crippen LogP contribution is 2.34. The number of nitrogens with two attached hydrogens (primary N) is 2. The lowest BCUT2D eigenvalue weighted by molar-refractivity contribution is 1.18. The first-order valence-corrected chi connectivity index (χ1v) is 7.35. The minimum absolute atomic E-state index is 0.302. The molecule has 8 heteroatoms. The standard InChI is InChI=1S/C12H12N6S2/c1-7-11(8-6-19-10(17-8)3-5-14)20-12(16-7)18-9(15)2-4-13/h2,4,6H,3,13H2,1H3,(H2,15,16,18)/b4-2-. The molecule has 0 fully saturated rings. The molecule has 2 aromatic heterocycles. The van der Waals surface area contributed by atoms with Gasteiger partial charge >= 0.3 is 0 Å². The van der Waals surface area contributed by atoms with Crippen molar-refractivity contribution in [1.82, 2.24) is 9.97 Å². The van der Waals surface area contributed by atoms with Crippen molar-refractivity contribution in [1.29, 1.82) is 5.26 Å². The summed E-state index contributed by atoms with van der Waals surface area (Å²) >= 11 is 2.87. The van der Waals surface area contributed by atoms with Crippen molar-refractivity contribution in [3.8, 4) is 16.6 Å². The van der Waals surface area contributed by atoms with Gasteiger partial charge in [0.1, 0.15) is 10.8 Å². The zero-order chi connectivity index (χ0) is 14.5. The van der Waals surface area contributed by atoms with E-state index in [0.717, 1.165) is 21.3 Å². The van der Waals surface area contributed by atoms with Gasteiger partial charge in [-0.1, -0.05) is 11.3 Å². The van der Waals surface area contributed by atoms with Crippen molar-refractivity contribution in [3.05, 3.63) is 28.4 Å². The molecule has 20 heavy (non-hydrogen) atoms. The van der Waals surface area contributed by atoms with E-state index < -0.39 is 0 Å². The number of thiazole rings is 2. The quantitative estimate of drug-likeness (QED) is 0.663.